The first-order valence-corrected chi connectivity index (χ1v) is 6.74. The van der Waals surface area contributed by atoms with Gasteiger partial charge in [-0.15, -0.1) is 0 Å². The molecule has 0 aliphatic carbocycles. The highest BCUT2D eigenvalue weighted by molar-refractivity contribution is 5.80. The molecule has 2 fully saturated rings. The Bertz CT molecular complexity index is 261. The van der Waals surface area contributed by atoms with Crippen LogP contribution in [0, 0.1) is 0 Å². The van der Waals surface area contributed by atoms with Gasteiger partial charge in [-0.3, -0.25) is 14.6 Å². The summed E-state index contributed by atoms with van der Waals surface area (Å²) in [6.45, 7) is 6.06. The van der Waals surface area contributed by atoms with Crippen molar-refractivity contribution in [1.29, 1.82) is 0 Å². The highest BCUT2D eigenvalue weighted by Crippen LogP contribution is 2.11. The zero-order valence-electron chi connectivity index (χ0n) is 10.8. The summed E-state index contributed by atoms with van der Waals surface area (Å²) in [5.74, 6) is 0.0188. The molecule has 2 heterocycles. The van der Waals surface area contributed by atoms with Gasteiger partial charge in [0.05, 0.1) is 13.3 Å². The molecule has 0 aromatic rings. The van der Waals surface area contributed by atoms with Gasteiger partial charge in [0, 0.05) is 39.3 Å². The molecule has 1 unspecified atom stereocenters. The molecule has 0 aromatic carbocycles. The molecule has 6 nitrogen and oxygen atoms in total. The maximum Gasteiger partial charge on any atom is 0.250 e. The Labute approximate surface area is 108 Å². The Morgan fingerprint density at radius 2 is 2.00 bits per heavy atom. The van der Waals surface area contributed by atoms with E-state index < -0.39 is 0 Å². The smallest absolute Gasteiger partial charge is 0.250 e. The van der Waals surface area contributed by atoms with Gasteiger partial charge in [0.15, 0.2) is 0 Å². The van der Waals surface area contributed by atoms with Crippen LogP contribution in [0.1, 0.15) is 12.8 Å². The molecule has 2 aliphatic rings. The van der Waals surface area contributed by atoms with Crippen molar-refractivity contribution >= 4 is 5.91 Å². The molecule has 0 spiro atoms. The predicted molar refractivity (Wildman–Crippen MR) is 67.1 cm³/mol. The van der Waals surface area contributed by atoms with E-state index in [1.54, 1.807) is 0 Å². The summed E-state index contributed by atoms with van der Waals surface area (Å²) in [6.07, 6.45) is 1.59. The number of hydrogen-bond donors (Lipinski definition) is 2. The summed E-state index contributed by atoms with van der Waals surface area (Å²) in [6, 6.07) is 0. The molecule has 6 heteroatoms. The number of rotatable bonds is 5. The molecule has 1 atom stereocenters. The molecule has 2 N–H and O–H groups in total. The number of piperazine rings is 1. The zero-order chi connectivity index (χ0) is 12.8. The zero-order valence-corrected chi connectivity index (χ0v) is 10.8. The van der Waals surface area contributed by atoms with Crippen LogP contribution < -0.4 is 5.32 Å². The molecule has 0 bridgehead atoms. The van der Waals surface area contributed by atoms with E-state index in [4.69, 9.17) is 9.84 Å². The van der Waals surface area contributed by atoms with Gasteiger partial charge in [0.1, 0.15) is 6.10 Å². The van der Waals surface area contributed by atoms with Gasteiger partial charge in [-0.05, 0) is 12.8 Å². The summed E-state index contributed by atoms with van der Waals surface area (Å²) >= 11 is 0. The molecule has 2 saturated heterocycles. The highest BCUT2D eigenvalue weighted by Gasteiger charge is 2.24. The van der Waals surface area contributed by atoms with Crippen LogP contribution in [0.25, 0.3) is 0 Å². The first-order chi connectivity index (χ1) is 8.79. The Balaban J connectivity index is 1.61. The van der Waals surface area contributed by atoms with E-state index in [-0.39, 0.29) is 18.6 Å². The summed E-state index contributed by atoms with van der Waals surface area (Å²) in [4.78, 5) is 16.2. The Hall–Kier alpha value is -0.690. The first kappa shape index (κ1) is 13.7. The lowest BCUT2D eigenvalue weighted by atomic mass is 10.2. The van der Waals surface area contributed by atoms with E-state index in [1.807, 2.05) is 0 Å². The van der Waals surface area contributed by atoms with Crippen molar-refractivity contribution < 1.29 is 14.6 Å². The highest BCUT2D eigenvalue weighted by atomic mass is 16.5. The number of ether oxygens (including phenoxy) is 1. The minimum atomic E-state index is -0.235. The van der Waals surface area contributed by atoms with E-state index in [0.29, 0.717) is 13.3 Å². The molecule has 104 valence electrons. The lowest BCUT2D eigenvalue weighted by Gasteiger charge is -2.34. The second-order valence-electron chi connectivity index (χ2n) is 4.88. The van der Waals surface area contributed by atoms with E-state index in [9.17, 15) is 4.79 Å². The van der Waals surface area contributed by atoms with Gasteiger partial charge in [0.2, 0.25) is 5.91 Å². The third kappa shape index (κ3) is 3.91. The standard InChI is InChI=1S/C12H23N3O3/c16-8-7-14-3-5-15(6-4-14)10-13-12(17)11-2-1-9-18-11/h11,16H,1-10H2,(H,13,17). The summed E-state index contributed by atoms with van der Waals surface area (Å²) in [5.41, 5.74) is 0. The third-order valence-corrected chi connectivity index (χ3v) is 3.58. The first-order valence-electron chi connectivity index (χ1n) is 6.74. The predicted octanol–water partition coefficient (Wildman–Crippen LogP) is -1.15. The van der Waals surface area contributed by atoms with E-state index in [1.165, 1.54) is 0 Å². The second kappa shape index (κ2) is 7.04. The van der Waals surface area contributed by atoms with Crippen LogP contribution in [0.5, 0.6) is 0 Å². The summed E-state index contributed by atoms with van der Waals surface area (Å²) < 4.78 is 5.34. The van der Waals surface area contributed by atoms with Crippen LogP contribution >= 0.6 is 0 Å². The quantitative estimate of drug-likeness (QED) is 0.651. The maximum absolute atomic E-state index is 11.7. The molecule has 2 aliphatic heterocycles. The number of β-amino-alcohol motifs (C(OH)–C–C–N with tert-alkyl or cyclic N) is 1. The topological polar surface area (TPSA) is 65.0 Å². The van der Waals surface area contributed by atoms with Gasteiger partial charge in [-0.2, -0.15) is 0 Å². The fraction of sp³-hybridized carbons (Fsp3) is 0.917. The van der Waals surface area contributed by atoms with E-state index >= 15 is 0 Å². The number of amides is 1. The SMILES string of the molecule is O=C(NCN1CCN(CCO)CC1)C1CCCO1. The number of carbonyl (C=O) groups is 1. The number of nitrogens with one attached hydrogen (secondary N) is 1. The van der Waals surface area contributed by atoms with Gasteiger partial charge in [-0.25, -0.2) is 0 Å². The maximum atomic E-state index is 11.7. The van der Waals surface area contributed by atoms with Crippen LogP contribution in [0.4, 0.5) is 0 Å². The van der Waals surface area contributed by atoms with Crippen LogP contribution in [0.3, 0.4) is 0 Å². The van der Waals surface area contributed by atoms with E-state index in [0.717, 1.165) is 45.6 Å². The molecule has 2 rings (SSSR count). The van der Waals surface area contributed by atoms with Crippen molar-refractivity contribution in [3.63, 3.8) is 0 Å². The molecular weight excluding hydrogens is 234 g/mol. The molecule has 1 amide bonds. The number of hydrogen-bond acceptors (Lipinski definition) is 5. The fourth-order valence-electron chi connectivity index (χ4n) is 2.40. The number of carbonyl (C=O) groups excluding carboxylic acids is 1. The molecular formula is C12H23N3O3. The Kier molecular flexibility index (Phi) is 5.37. The van der Waals surface area contributed by atoms with Crippen LogP contribution in [0.2, 0.25) is 0 Å². The molecule has 18 heavy (non-hydrogen) atoms. The number of nitrogens with zero attached hydrogens (tertiary/aromatic N) is 2. The van der Waals surface area contributed by atoms with Crippen LogP contribution in [-0.4, -0.2) is 79.5 Å². The largest absolute Gasteiger partial charge is 0.395 e. The third-order valence-electron chi connectivity index (χ3n) is 3.58. The summed E-state index contributed by atoms with van der Waals surface area (Å²) in [7, 11) is 0. The lowest BCUT2D eigenvalue weighted by Crippen LogP contribution is -2.51. The van der Waals surface area contributed by atoms with Gasteiger partial charge < -0.3 is 15.2 Å². The fourth-order valence-corrected chi connectivity index (χ4v) is 2.40. The van der Waals surface area contributed by atoms with Crippen LogP contribution in [-0.2, 0) is 9.53 Å². The Morgan fingerprint density at radius 1 is 1.28 bits per heavy atom. The second-order valence-corrected chi connectivity index (χ2v) is 4.88. The summed E-state index contributed by atoms with van der Waals surface area (Å²) in [5, 5.41) is 11.8. The molecule has 0 aromatic heterocycles. The van der Waals surface area contributed by atoms with Gasteiger partial charge in [0.25, 0.3) is 0 Å². The minimum absolute atomic E-state index is 0.0188. The number of aliphatic hydroxyl groups is 1. The average Bonchev–Trinajstić information content (AvgIpc) is 2.92. The van der Waals surface area contributed by atoms with Crippen LogP contribution in [0.15, 0.2) is 0 Å². The Morgan fingerprint density at radius 3 is 2.61 bits per heavy atom. The van der Waals surface area contributed by atoms with Crippen molar-refractivity contribution in [2.75, 3.05) is 52.6 Å². The van der Waals surface area contributed by atoms with Gasteiger partial charge in [-0.1, -0.05) is 0 Å². The van der Waals surface area contributed by atoms with Crippen molar-refractivity contribution in [1.82, 2.24) is 15.1 Å². The molecule has 0 radical (unpaired) electrons. The van der Waals surface area contributed by atoms with Crippen molar-refractivity contribution in [3.05, 3.63) is 0 Å². The van der Waals surface area contributed by atoms with Gasteiger partial charge >= 0.3 is 0 Å². The minimum Gasteiger partial charge on any atom is -0.395 e. The normalized spacial score (nSPS) is 26.4. The average molecular weight is 257 g/mol. The van der Waals surface area contributed by atoms with E-state index in [2.05, 4.69) is 15.1 Å². The lowest BCUT2D eigenvalue weighted by molar-refractivity contribution is -0.130. The number of aliphatic hydroxyl groups excluding tert-OH is 1. The molecule has 0 saturated carbocycles. The van der Waals surface area contributed by atoms with Crippen molar-refractivity contribution in [2.24, 2.45) is 0 Å². The van der Waals surface area contributed by atoms with Crippen molar-refractivity contribution in [3.8, 4) is 0 Å². The monoisotopic (exact) mass is 257 g/mol. The van der Waals surface area contributed by atoms with Crippen molar-refractivity contribution in [2.45, 2.75) is 18.9 Å².